The molecule has 0 radical (unpaired) electrons. The zero-order valence-corrected chi connectivity index (χ0v) is 11.9. The number of aromatic nitrogens is 2. The zero-order valence-electron chi connectivity index (χ0n) is 11.2. The van der Waals surface area contributed by atoms with Crippen molar-refractivity contribution in [3.8, 4) is 0 Å². The molecule has 0 aliphatic carbocycles. The fourth-order valence-corrected chi connectivity index (χ4v) is 2.73. The highest BCUT2D eigenvalue weighted by atomic mass is 35.5. The highest BCUT2D eigenvalue weighted by Gasteiger charge is 2.19. The second-order valence-corrected chi connectivity index (χ2v) is 5.43. The molecular formula is C15H16ClN3O. The van der Waals surface area contributed by atoms with E-state index in [4.69, 9.17) is 11.6 Å². The van der Waals surface area contributed by atoms with Gasteiger partial charge in [-0.2, -0.15) is 0 Å². The van der Waals surface area contributed by atoms with Crippen LogP contribution in [-0.4, -0.2) is 33.9 Å². The van der Waals surface area contributed by atoms with Gasteiger partial charge in [-0.3, -0.25) is 4.79 Å². The molecule has 5 heteroatoms. The summed E-state index contributed by atoms with van der Waals surface area (Å²) in [6.45, 7) is 1.69. The summed E-state index contributed by atoms with van der Waals surface area (Å²) in [5.41, 5.74) is 2.10. The quantitative estimate of drug-likeness (QED) is 0.854. The molecule has 1 amide bonds. The number of amides is 1. The highest BCUT2D eigenvalue weighted by molar-refractivity contribution is 6.30. The van der Waals surface area contributed by atoms with E-state index in [1.54, 1.807) is 0 Å². The number of nitrogens with zero attached hydrogens (tertiary/aromatic N) is 3. The maximum absolute atomic E-state index is 12.3. The Bertz CT molecular complexity index is 638. The molecule has 1 aliphatic rings. The Morgan fingerprint density at radius 1 is 1.10 bits per heavy atom. The fraction of sp³-hybridized carbons (Fsp3) is 0.400. The first-order valence-electron chi connectivity index (χ1n) is 6.93. The average Bonchev–Trinajstić information content (AvgIpc) is 2.49. The molecule has 1 saturated heterocycles. The number of carbonyl (C=O) groups excluding carboxylic acids is 1. The minimum atomic E-state index is 0.0937. The number of rotatable bonds is 2. The number of benzene rings is 1. The van der Waals surface area contributed by atoms with Gasteiger partial charge in [-0.25, -0.2) is 9.97 Å². The zero-order chi connectivity index (χ0) is 13.9. The fourth-order valence-electron chi connectivity index (χ4n) is 2.53. The molecular weight excluding hydrogens is 274 g/mol. The SMILES string of the molecule is O=C(Cc1nc2ccccc2nc1Cl)N1CCCCC1. The second-order valence-electron chi connectivity index (χ2n) is 5.07. The van der Waals surface area contributed by atoms with Gasteiger partial charge in [-0.15, -0.1) is 0 Å². The Kier molecular flexibility index (Phi) is 3.83. The third-order valence-corrected chi connectivity index (χ3v) is 3.92. The summed E-state index contributed by atoms with van der Waals surface area (Å²) in [5.74, 6) is 0.0937. The monoisotopic (exact) mass is 289 g/mol. The molecule has 0 unspecified atom stereocenters. The van der Waals surface area contributed by atoms with Gasteiger partial charge in [-0.05, 0) is 31.4 Å². The van der Waals surface area contributed by atoms with Crippen LogP contribution in [0.4, 0.5) is 0 Å². The molecule has 1 fully saturated rings. The van der Waals surface area contributed by atoms with E-state index in [1.165, 1.54) is 6.42 Å². The number of likely N-dealkylation sites (tertiary alicyclic amines) is 1. The predicted octanol–water partition coefficient (Wildman–Crippen LogP) is 2.84. The molecule has 3 rings (SSSR count). The number of hydrogen-bond acceptors (Lipinski definition) is 3. The topological polar surface area (TPSA) is 46.1 Å². The summed E-state index contributed by atoms with van der Waals surface area (Å²) in [5, 5.41) is 0.328. The summed E-state index contributed by atoms with van der Waals surface area (Å²) in [4.78, 5) is 22.9. The Morgan fingerprint density at radius 3 is 2.45 bits per heavy atom. The van der Waals surface area contributed by atoms with Crippen LogP contribution in [0.5, 0.6) is 0 Å². The van der Waals surface area contributed by atoms with E-state index in [9.17, 15) is 4.79 Å². The first kappa shape index (κ1) is 13.3. The maximum atomic E-state index is 12.3. The normalized spacial score (nSPS) is 15.6. The number of piperidine rings is 1. The van der Waals surface area contributed by atoms with Gasteiger partial charge in [0, 0.05) is 13.1 Å². The van der Waals surface area contributed by atoms with Gasteiger partial charge >= 0.3 is 0 Å². The first-order valence-corrected chi connectivity index (χ1v) is 7.31. The van der Waals surface area contributed by atoms with Crippen molar-refractivity contribution in [1.29, 1.82) is 0 Å². The Hall–Kier alpha value is -1.68. The number of halogens is 1. The Balaban J connectivity index is 1.82. The van der Waals surface area contributed by atoms with Gasteiger partial charge in [0.1, 0.15) is 0 Å². The van der Waals surface area contributed by atoms with Crippen LogP contribution in [-0.2, 0) is 11.2 Å². The summed E-state index contributed by atoms with van der Waals surface area (Å²) in [6, 6.07) is 7.55. The van der Waals surface area contributed by atoms with Crippen LogP contribution in [0.25, 0.3) is 11.0 Å². The number of para-hydroxylation sites is 2. The molecule has 2 aromatic rings. The van der Waals surface area contributed by atoms with E-state index in [2.05, 4.69) is 9.97 Å². The lowest BCUT2D eigenvalue weighted by molar-refractivity contribution is -0.131. The predicted molar refractivity (Wildman–Crippen MR) is 78.7 cm³/mol. The standard InChI is InChI=1S/C15H16ClN3O/c16-15-13(10-14(20)19-8-4-1-5-9-19)17-11-6-2-3-7-12(11)18-15/h2-3,6-7H,1,4-5,8-10H2. The van der Waals surface area contributed by atoms with Crippen molar-refractivity contribution in [2.24, 2.45) is 0 Å². The Morgan fingerprint density at radius 2 is 1.75 bits per heavy atom. The summed E-state index contributed by atoms with van der Waals surface area (Å²) in [7, 11) is 0. The molecule has 1 aromatic heterocycles. The van der Waals surface area contributed by atoms with E-state index < -0.39 is 0 Å². The molecule has 0 N–H and O–H groups in total. The van der Waals surface area contributed by atoms with Crippen LogP contribution in [0.3, 0.4) is 0 Å². The minimum Gasteiger partial charge on any atom is -0.342 e. The van der Waals surface area contributed by atoms with E-state index in [0.717, 1.165) is 37.0 Å². The van der Waals surface area contributed by atoms with Gasteiger partial charge in [0.2, 0.25) is 5.91 Å². The molecule has 1 aromatic carbocycles. The molecule has 0 bridgehead atoms. The van der Waals surface area contributed by atoms with Gasteiger partial charge in [0.15, 0.2) is 5.15 Å². The van der Waals surface area contributed by atoms with Gasteiger partial charge in [0.25, 0.3) is 0 Å². The van der Waals surface area contributed by atoms with Crippen LogP contribution in [0.1, 0.15) is 25.0 Å². The van der Waals surface area contributed by atoms with Crippen molar-refractivity contribution in [2.75, 3.05) is 13.1 Å². The lowest BCUT2D eigenvalue weighted by Gasteiger charge is -2.26. The van der Waals surface area contributed by atoms with E-state index >= 15 is 0 Å². The number of fused-ring (bicyclic) bond motifs is 1. The summed E-state index contributed by atoms with van der Waals surface area (Å²) in [6.07, 6.45) is 3.61. The minimum absolute atomic E-state index is 0.0937. The summed E-state index contributed by atoms with van der Waals surface area (Å²) < 4.78 is 0. The van der Waals surface area contributed by atoms with E-state index in [1.807, 2.05) is 29.2 Å². The van der Waals surface area contributed by atoms with Crippen LogP contribution in [0.15, 0.2) is 24.3 Å². The van der Waals surface area contributed by atoms with Crippen molar-refractivity contribution in [1.82, 2.24) is 14.9 Å². The molecule has 104 valence electrons. The lowest BCUT2D eigenvalue weighted by atomic mass is 10.1. The second kappa shape index (κ2) is 5.75. The van der Waals surface area contributed by atoms with E-state index in [-0.39, 0.29) is 12.3 Å². The number of hydrogen-bond donors (Lipinski definition) is 0. The molecule has 0 atom stereocenters. The smallest absolute Gasteiger partial charge is 0.228 e. The number of carbonyl (C=O) groups is 1. The molecule has 0 spiro atoms. The molecule has 1 aliphatic heterocycles. The van der Waals surface area contributed by atoms with Crippen molar-refractivity contribution < 1.29 is 4.79 Å². The molecule has 2 heterocycles. The molecule has 0 saturated carbocycles. The van der Waals surface area contributed by atoms with Crippen LogP contribution in [0.2, 0.25) is 5.15 Å². The largest absolute Gasteiger partial charge is 0.342 e. The van der Waals surface area contributed by atoms with Crippen LogP contribution < -0.4 is 0 Å². The van der Waals surface area contributed by atoms with Crippen molar-refractivity contribution in [3.63, 3.8) is 0 Å². The van der Waals surface area contributed by atoms with Crippen molar-refractivity contribution in [2.45, 2.75) is 25.7 Å². The highest BCUT2D eigenvalue weighted by Crippen LogP contribution is 2.18. The maximum Gasteiger partial charge on any atom is 0.228 e. The first-order chi connectivity index (χ1) is 9.74. The summed E-state index contributed by atoms with van der Waals surface area (Å²) >= 11 is 6.14. The van der Waals surface area contributed by atoms with E-state index in [0.29, 0.717) is 10.8 Å². The average molecular weight is 290 g/mol. The van der Waals surface area contributed by atoms with Gasteiger partial charge in [0.05, 0.1) is 23.1 Å². The van der Waals surface area contributed by atoms with Gasteiger partial charge < -0.3 is 4.90 Å². The van der Waals surface area contributed by atoms with Crippen molar-refractivity contribution in [3.05, 3.63) is 35.1 Å². The van der Waals surface area contributed by atoms with Gasteiger partial charge in [-0.1, -0.05) is 23.7 Å². The third kappa shape index (κ3) is 2.75. The van der Waals surface area contributed by atoms with Crippen molar-refractivity contribution >= 4 is 28.5 Å². The molecule has 20 heavy (non-hydrogen) atoms. The van der Waals surface area contributed by atoms with Crippen LogP contribution >= 0.6 is 11.6 Å². The third-order valence-electron chi connectivity index (χ3n) is 3.62. The lowest BCUT2D eigenvalue weighted by Crippen LogP contribution is -2.36. The Labute approximate surface area is 122 Å². The van der Waals surface area contributed by atoms with Crippen LogP contribution in [0, 0.1) is 0 Å². The molecule has 4 nitrogen and oxygen atoms in total.